The van der Waals surface area contributed by atoms with Gasteiger partial charge in [0, 0.05) is 24.7 Å². The molecule has 1 N–H and O–H groups in total. The molecule has 0 fully saturated rings. The van der Waals surface area contributed by atoms with Gasteiger partial charge in [0.2, 0.25) is 5.95 Å². The van der Waals surface area contributed by atoms with Crippen LogP contribution in [0.25, 0.3) is 0 Å². The van der Waals surface area contributed by atoms with Crippen molar-refractivity contribution >= 4 is 6.29 Å². The quantitative estimate of drug-likeness (QED) is 0.347. The van der Waals surface area contributed by atoms with Gasteiger partial charge < -0.3 is 5.32 Å². The first-order valence-electron chi connectivity index (χ1n) is 4.52. The van der Waals surface area contributed by atoms with Gasteiger partial charge >= 0.3 is 0 Å². The lowest BCUT2D eigenvalue weighted by molar-refractivity contribution is 0.111. The van der Waals surface area contributed by atoms with E-state index in [0.29, 0.717) is 18.3 Å². The van der Waals surface area contributed by atoms with E-state index in [1.165, 1.54) is 12.3 Å². The van der Waals surface area contributed by atoms with Gasteiger partial charge in [-0.05, 0) is 13.1 Å². The Morgan fingerprint density at radius 3 is 3.13 bits per heavy atom. The van der Waals surface area contributed by atoms with Gasteiger partial charge in [-0.3, -0.25) is 4.79 Å². The van der Waals surface area contributed by atoms with Gasteiger partial charge in [-0.1, -0.05) is 11.8 Å². The minimum absolute atomic E-state index is 0.0598. The normalized spacial score (nSPS) is 9.20. The predicted octanol–water partition coefficient (Wildman–Crippen LogP) is 0.994. The number of halogens is 1. The van der Waals surface area contributed by atoms with Crippen molar-refractivity contribution in [3.05, 3.63) is 29.3 Å². The Morgan fingerprint density at radius 1 is 1.67 bits per heavy atom. The monoisotopic (exact) mass is 206 g/mol. The average Bonchev–Trinajstić information content (AvgIpc) is 2.26. The molecule has 1 rings (SSSR count). The van der Waals surface area contributed by atoms with Crippen molar-refractivity contribution in [1.29, 1.82) is 0 Å². The largest absolute Gasteiger partial charge is 0.319 e. The summed E-state index contributed by atoms with van der Waals surface area (Å²) >= 11 is 0. The van der Waals surface area contributed by atoms with E-state index in [9.17, 15) is 9.18 Å². The van der Waals surface area contributed by atoms with Gasteiger partial charge in [0.15, 0.2) is 6.29 Å². The van der Waals surface area contributed by atoms with Crippen LogP contribution in [-0.2, 0) is 0 Å². The van der Waals surface area contributed by atoms with E-state index >= 15 is 0 Å². The van der Waals surface area contributed by atoms with E-state index < -0.39 is 5.95 Å². The number of aromatic nitrogens is 1. The first-order valence-corrected chi connectivity index (χ1v) is 4.52. The summed E-state index contributed by atoms with van der Waals surface area (Å²) in [6, 6.07) is 1.39. The van der Waals surface area contributed by atoms with Crippen molar-refractivity contribution in [2.45, 2.75) is 6.42 Å². The Kier molecular flexibility index (Phi) is 4.45. The lowest BCUT2D eigenvalue weighted by Crippen LogP contribution is -2.05. The van der Waals surface area contributed by atoms with E-state index in [-0.39, 0.29) is 5.56 Å². The van der Waals surface area contributed by atoms with E-state index in [1.54, 1.807) is 0 Å². The summed E-state index contributed by atoms with van der Waals surface area (Å²) < 4.78 is 12.8. The fourth-order valence-corrected chi connectivity index (χ4v) is 0.968. The third-order valence-corrected chi connectivity index (χ3v) is 1.73. The van der Waals surface area contributed by atoms with Gasteiger partial charge in [-0.2, -0.15) is 4.39 Å². The Morgan fingerprint density at radius 2 is 2.47 bits per heavy atom. The zero-order chi connectivity index (χ0) is 11.1. The topological polar surface area (TPSA) is 42.0 Å². The summed E-state index contributed by atoms with van der Waals surface area (Å²) in [6.45, 7) is 0.794. The second-order valence-corrected chi connectivity index (χ2v) is 2.88. The molecule has 0 saturated heterocycles. The molecule has 3 nitrogen and oxygen atoms in total. The van der Waals surface area contributed by atoms with Crippen LogP contribution in [0.4, 0.5) is 4.39 Å². The number of carbonyl (C=O) groups is 1. The molecule has 0 aliphatic heterocycles. The third-order valence-electron chi connectivity index (χ3n) is 1.73. The van der Waals surface area contributed by atoms with Gasteiger partial charge in [0.1, 0.15) is 0 Å². The Labute approximate surface area is 87.7 Å². The van der Waals surface area contributed by atoms with E-state index in [2.05, 4.69) is 22.1 Å². The molecule has 0 atom stereocenters. The molecule has 1 aromatic heterocycles. The number of rotatable bonds is 3. The molecule has 1 heterocycles. The molecule has 0 bridgehead atoms. The zero-order valence-corrected chi connectivity index (χ0v) is 8.38. The van der Waals surface area contributed by atoms with Crippen LogP contribution in [-0.4, -0.2) is 24.9 Å². The first-order chi connectivity index (χ1) is 7.27. The Bertz CT molecular complexity index is 407. The highest BCUT2D eigenvalue weighted by Gasteiger charge is 2.01. The van der Waals surface area contributed by atoms with Crippen molar-refractivity contribution in [1.82, 2.24) is 10.3 Å². The number of nitrogens with one attached hydrogen (secondary N) is 1. The summed E-state index contributed by atoms with van der Waals surface area (Å²) in [4.78, 5) is 13.9. The van der Waals surface area contributed by atoms with Crippen molar-refractivity contribution in [2.24, 2.45) is 0 Å². The van der Waals surface area contributed by atoms with Crippen LogP contribution < -0.4 is 5.32 Å². The number of aldehydes is 1. The third kappa shape index (κ3) is 3.49. The van der Waals surface area contributed by atoms with Crippen molar-refractivity contribution in [3.63, 3.8) is 0 Å². The van der Waals surface area contributed by atoms with Gasteiger partial charge in [-0.25, -0.2) is 4.98 Å². The van der Waals surface area contributed by atoms with Crippen LogP contribution in [0.15, 0.2) is 12.3 Å². The fourth-order valence-electron chi connectivity index (χ4n) is 0.968. The standard InChI is InChI=1S/C11H11FN2O/c1-13-5-3-2-4-9-6-10(8-15)11(12)14-7-9/h6-8,13H,3,5H2,1H3. The highest BCUT2D eigenvalue weighted by molar-refractivity contribution is 5.75. The van der Waals surface area contributed by atoms with Crippen LogP contribution in [0.1, 0.15) is 22.3 Å². The van der Waals surface area contributed by atoms with Crippen molar-refractivity contribution in [2.75, 3.05) is 13.6 Å². The number of hydrogen-bond donors (Lipinski definition) is 1. The Hall–Kier alpha value is -1.73. The minimum Gasteiger partial charge on any atom is -0.319 e. The molecule has 1 aromatic rings. The molecular formula is C11H11FN2O. The average molecular weight is 206 g/mol. The second-order valence-electron chi connectivity index (χ2n) is 2.88. The first kappa shape index (κ1) is 11.3. The van der Waals surface area contributed by atoms with E-state index in [4.69, 9.17) is 0 Å². The maximum Gasteiger partial charge on any atom is 0.223 e. The summed E-state index contributed by atoms with van der Waals surface area (Å²) in [6.07, 6.45) is 2.44. The number of pyridine rings is 1. The number of nitrogens with zero attached hydrogens (tertiary/aromatic N) is 1. The van der Waals surface area contributed by atoms with Gasteiger partial charge in [-0.15, -0.1) is 0 Å². The smallest absolute Gasteiger partial charge is 0.223 e. The zero-order valence-electron chi connectivity index (χ0n) is 8.38. The van der Waals surface area contributed by atoms with Crippen LogP contribution in [0.5, 0.6) is 0 Å². The lowest BCUT2D eigenvalue weighted by Gasteiger charge is -1.94. The van der Waals surface area contributed by atoms with E-state index in [1.807, 2.05) is 7.05 Å². The molecule has 4 heteroatoms. The fraction of sp³-hybridized carbons (Fsp3) is 0.273. The van der Waals surface area contributed by atoms with Gasteiger partial charge in [0.25, 0.3) is 0 Å². The maximum absolute atomic E-state index is 12.8. The number of carbonyl (C=O) groups excluding carboxylic acids is 1. The molecule has 0 aromatic carbocycles. The molecule has 0 radical (unpaired) electrons. The van der Waals surface area contributed by atoms with Crippen LogP contribution in [0.2, 0.25) is 0 Å². The summed E-state index contributed by atoms with van der Waals surface area (Å²) in [5.41, 5.74) is 0.491. The Balaban J connectivity index is 2.76. The minimum atomic E-state index is -0.759. The summed E-state index contributed by atoms with van der Waals surface area (Å²) in [5, 5.41) is 2.95. The van der Waals surface area contributed by atoms with Gasteiger partial charge in [0.05, 0.1) is 5.56 Å². The summed E-state index contributed by atoms with van der Waals surface area (Å²) in [7, 11) is 1.84. The molecule has 0 amide bonds. The number of hydrogen-bond acceptors (Lipinski definition) is 3. The molecule has 15 heavy (non-hydrogen) atoms. The molecule has 78 valence electrons. The van der Waals surface area contributed by atoms with Crippen molar-refractivity contribution in [3.8, 4) is 11.8 Å². The molecule has 0 spiro atoms. The molecular weight excluding hydrogens is 195 g/mol. The maximum atomic E-state index is 12.8. The van der Waals surface area contributed by atoms with Crippen LogP contribution in [0.3, 0.4) is 0 Å². The van der Waals surface area contributed by atoms with E-state index in [0.717, 1.165) is 6.54 Å². The molecule has 0 aliphatic rings. The second kappa shape index (κ2) is 5.89. The summed E-state index contributed by atoms with van der Waals surface area (Å²) in [5.74, 6) is 4.93. The van der Waals surface area contributed by atoms with Crippen molar-refractivity contribution < 1.29 is 9.18 Å². The molecule has 0 unspecified atom stereocenters. The molecule has 0 saturated carbocycles. The highest BCUT2D eigenvalue weighted by Crippen LogP contribution is 2.03. The predicted molar refractivity (Wildman–Crippen MR) is 55.0 cm³/mol. The lowest BCUT2D eigenvalue weighted by atomic mass is 10.2. The molecule has 0 aliphatic carbocycles. The van der Waals surface area contributed by atoms with Crippen LogP contribution >= 0.6 is 0 Å². The highest BCUT2D eigenvalue weighted by atomic mass is 19.1. The van der Waals surface area contributed by atoms with Crippen LogP contribution in [0, 0.1) is 17.8 Å². The SMILES string of the molecule is CNCCC#Cc1cnc(F)c(C=O)c1.